The fraction of sp³-hybridized carbons (Fsp3) is 0.316. The van der Waals surface area contributed by atoms with Gasteiger partial charge in [0.15, 0.2) is 0 Å². The van der Waals surface area contributed by atoms with Gasteiger partial charge in [0.1, 0.15) is 11.5 Å². The largest absolute Gasteiger partial charge is 0.382 e. The zero-order chi connectivity index (χ0) is 22.5. The van der Waals surface area contributed by atoms with E-state index in [1.54, 1.807) is 0 Å². The maximum Gasteiger partial charge on any atom is 0.323 e. The lowest BCUT2D eigenvalue weighted by molar-refractivity contribution is 0.262. The van der Waals surface area contributed by atoms with E-state index in [0.29, 0.717) is 11.4 Å². The van der Waals surface area contributed by atoms with Crippen molar-refractivity contribution in [3.05, 3.63) is 48.5 Å². The van der Waals surface area contributed by atoms with Crippen LogP contribution in [0.4, 0.5) is 16.2 Å². The van der Waals surface area contributed by atoms with E-state index >= 15 is 0 Å². The number of urea groups is 1. The summed E-state index contributed by atoms with van der Waals surface area (Å²) in [6.45, 7) is 6.05. The van der Waals surface area contributed by atoms with Gasteiger partial charge >= 0.3 is 26.3 Å². The van der Waals surface area contributed by atoms with E-state index in [9.17, 15) is 21.6 Å². The Labute approximate surface area is 176 Å². The van der Waals surface area contributed by atoms with E-state index in [-0.39, 0.29) is 11.5 Å². The van der Waals surface area contributed by atoms with Crippen molar-refractivity contribution in [3.63, 3.8) is 0 Å². The summed E-state index contributed by atoms with van der Waals surface area (Å²) in [6.07, 6.45) is 0. The van der Waals surface area contributed by atoms with Crippen molar-refractivity contribution in [2.45, 2.75) is 38.2 Å². The number of carbonyl (C=O) groups excluding carboxylic acids is 1. The monoisotopic (exact) mass is 456 g/mol. The van der Waals surface area contributed by atoms with Gasteiger partial charge in [0.05, 0.1) is 10.5 Å². The molecular weight excluding hydrogens is 432 g/mol. The number of rotatable bonds is 8. The van der Waals surface area contributed by atoms with Crippen molar-refractivity contribution in [2.24, 2.45) is 0 Å². The van der Waals surface area contributed by atoms with Gasteiger partial charge < -0.3 is 19.0 Å². The highest BCUT2D eigenvalue weighted by Gasteiger charge is 2.19. The molecule has 9 nitrogen and oxygen atoms in total. The molecule has 30 heavy (non-hydrogen) atoms. The summed E-state index contributed by atoms with van der Waals surface area (Å²) in [5, 5.41) is 3.82. The zero-order valence-electron chi connectivity index (χ0n) is 16.9. The molecule has 0 aromatic heterocycles. The lowest BCUT2D eigenvalue weighted by Gasteiger charge is -2.12. The molecule has 0 aliphatic heterocycles. The number of amides is 2. The fourth-order valence-corrected chi connectivity index (χ4v) is 3.09. The quantitative estimate of drug-likeness (QED) is 0.581. The average molecular weight is 457 g/mol. The maximum atomic E-state index is 12.1. The van der Waals surface area contributed by atoms with Crippen LogP contribution in [-0.2, 0) is 20.2 Å². The summed E-state index contributed by atoms with van der Waals surface area (Å²) in [7, 11) is -7.39. The smallest absolute Gasteiger partial charge is 0.323 e. The summed E-state index contributed by atoms with van der Waals surface area (Å²) in [6, 6.07) is 11.2. The first kappa shape index (κ1) is 23.5. The number of hydrogen-bond donors (Lipinski definition) is 2. The van der Waals surface area contributed by atoms with Crippen LogP contribution in [0.3, 0.4) is 0 Å². The third-order valence-corrected chi connectivity index (χ3v) is 6.96. The Balaban J connectivity index is 1.94. The predicted octanol–water partition coefficient (Wildman–Crippen LogP) is 3.56. The predicted molar refractivity (Wildman–Crippen MR) is 115 cm³/mol. The summed E-state index contributed by atoms with van der Waals surface area (Å²) in [5.41, 5.74) is 0.842. The molecule has 2 N–H and O–H groups in total. The van der Waals surface area contributed by atoms with Gasteiger partial charge in [-0.05, 0) is 76.2 Å². The Morgan fingerprint density at radius 1 is 0.667 bits per heavy atom. The summed E-state index contributed by atoms with van der Waals surface area (Å²) in [4.78, 5) is 12.1. The molecule has 0 radical (unpaired) electrons. The fourth-order valence-electron chi connectivity index (χ4n) is 1.94. The minimum Gasteiger partial charge on any atom is -0.382 e. The van der Waals surface area contributed by atoms with Gasteiger partial charge in [-0.1, -0.05) is 0 Å². The minimum absolute atomic E-state index is 0.140. The van der Waals surface area contributed by atoms with Gasteiger partial charge in [-0.3, -0.25) is 0 Å². The second-order valence-corrected chi connectivity index (χ2v) is 11.1. The van der Waals surface area contributed by atoms with Crippen LogP contribution in [0.15, 0.2) is 48.5 Å². The molecule has 2 rings (SSSR count). The molecule has 0 aliphatic rings. The summed E-state index contributed by atoms with van der Waals surface area (Å²) >= 11 is 0. The highest BCUT2D eigenvalue weighted by Crippen LogP contribution is 2.21. The molecule has 0 aliphatic carbocycles. The van der Waals surface area contributed by atoms with E-state index in [4.69, 9.17) is 8.37 Å². The number of nitrogens with one attached hydrogen (secondary N) is 2. The molecule has 2 aromatic rings. The molecule has 2 aromatic carbocycles. The number of carbonyl (C=O) groups is 1. The summed E-state index contributed by atoms with van der Waals surface area (Å²) in [5.74, 6) is 0.281. The van der Waals surface area contributed by atoms with Crippen LogP contribution in [0.25, 0.3) is 0 Å². The SMILES string of the molecule is CC(C)S(=O)(=O)Oc1ccc(NC(=O)Nc2ccc(OS(=O)(=O)C(C)C)cc2)cc1. The van der Waals surface area contributed by atoms with Crippen molar-refractivity contribution in [1.29, 1.82) is 0 Å². The first-order valence-corrected chi connectivity index (χ1v) is 12.0. The third-order valence-electron chi connectivity index (χ3n) is 3.80. The van der Waals surface area contributed by atoms with Crippen LogP contribution < -0.4 is 19.0 Å². The van der Waals surface area contributed by atoms with Crippen LogP contribution in [0.5, 0.6) is 11.5 Å². The Hall–Kier alpha value is -2.79. The lowest BCUT2D eigenvalue weighted by atomic mass is 10.3. The van der Waals surface area contributed by atoms with E-state index in [1.807, 2.05) is 0 Å². The second kappa shape index (κ2) is 9.35. The van der Waals surface area contributed by atoms with E-state index in [1.165, 1.54) is 76.2 Å². The van der Waals surface area contributed by atoms with E-state index in [0.717, 1.165) is 0 Å². The van der Waals surface area contributed by atoms with Gasteiger partial charge in [-0.2, -0.15) is 16.8 Å². The van der Waals surface area contributed by atoms with Crippen molar-refractivity contribution in [1.82, 2.24) is 0 Å². The Kier molecular flexibility index (Phi) is 7.32. The van der Waals surface area contributed by atoms with Gasteiger partial charge in [-0.15, -0.1) is 0 Å². The Morgan fingerprint density at radius 2 is 0.967 bits per heavy atom. The van der Waals surface area contributed by atoms with Gasteiger partial charge in [0, 0.05) is 11.4 Å². The van der Waals surface area contributed by atoms with Crippen LogP contribution in [0.2, 0.25) is 0 Å². The second-order valence-electron chi connectivity index (χ2n) is 6.88. The van der Waals surface area contributed by atoms with Crippen LogP contribution in [0, 0.1) is 0 Å². The summed E-state index contributed by atoms with van der Waals surface area (Å²) < 4.78 is 57.0. The Bertz CT molecular complexity index is 989. The highest BCUT2D eigenvalue weighted by molar-refractivity contribution is 7.87. The average Bonchev–Trinajstić information content (AvgIpc) is 2.64. The third kappa shape index (κ3) is 6.63. The standard InChI is InChI=1S/C19H24N2O7S2/c1-13(2)29(23,24)27-17-9-5-15(6-10-17)20-19(22)21-16-7-11-18(12-8-16)28-30(25,26)14(3)4/h5-14H,1-4H3,(H2,20,21,22). The number of hydrogen-bond acceptors (Lipinski definition) is 7. The molecule has 0 unspecified atom stereocenters. The molecule has 164 valence electrons. The molecular formula is C19H24N2O7S2. The molecule has 0 spiro atoms. The van der Waals surface area contributed by atoms with Crippen LogP contribution >= 0.6 is 0 Å². The van der Waals surface area contributed by atoms with Crippen molar-refractivity contribution in [2.75, 3.05) is 10.6 Å². The topological polar surface area (TPSA) is 128 Å². The lowest BCUT2D eigenvalue weighted by Crippen LogP contribution is -2.21. The van der Waals surface area contributed by atoms with Crippen molar-refractivity contribution >= 4 is 37.6 Å². The molecule has 0 heterocycles. The molecule has 11 heteroatoms. The molecule has 0 saturated carbocycles. The highest BCUT2D eigenvalue weighted by atomic mass is 32.2. The molecule has 0 saturated heterocycles. The number of anilines is 2. The zero-order valence-corrected chi connectivity index (χ0v) is 18.6. The van der Waals surface area contributed by atoms with Gasteiger partial charge in [-0.25, -0.2) is 4.79 Å². The van der Waals surface area contributed by atoms with Crippen LogP contribution in [-0.4, -0.2) is 33.4 Å². The van der Waals surface area contributed by atoms with E-state index in [2.05, 4.69) is 10.6 Å². The first-order valence-electron chi connectivity index (χ1n) is 9.04. The Morgan fingerprint density at radius 3 is 1.23 bits per heavy atom. The molecule has 0 fully saturated rings. The van der Waals surface area contributed by atoms with Gasteiger partial charge in [0.25, 0.3) is 0 Å². The minimum atomic E-state index is -3.70. The molecule has 0 bridgehead atoms. The first-order chi connectivity index (χ1) is 13.9. The van der Waals surface area contributed by atoms with E-state index < -0.39 is 36.8 Å². The maximum absolute atomic E-state index is 12.1. The van der Waals surface area contributed by atoms with Crippen molar-refractivity contribution < 1.29 is 30.0 Å². The normalized spacial score (nSPS) is 11.9. The van der Waals surface area contributed by atoms with Crippen molar-refractivity contribution in [3.8, 4) is 11.5 Å². The molecule has 2 amide bonds. The van der Waals surface area contributed by atoms with Crippen LogP contribution in [0.1, 0.15) is 27.7 Å². The molecule has 0 atom stereocenters. The number of benzene rings is 2. The van der Waals surface area contributed by atoms with Gasteiger partial charge in [0.2, 0.25) is 0 Å².